The molecule has 0 N–H and O–H groups in total. The normalized spacial score (nSPS) is 11.8. The molecule has 0 radical (unpaired) electrons. The molecule has 2 aromatic heterocycles. The number of hydrogen-bond donors (Lipinski definition) is 0. The van der Waals surface area contributed by atoms with Crippen molar-refractivity contribution in [1.29, 1.82) is 0 Å². The van der Waals surface area contributed by atoms with E-state index in [1.165, 1.54) is 21.7 Å². The molecule has 0 aliphatic carbocycles. The van der Waals surface area contributed by atoms with E-state index >= 15 is 0 Å². The van der Waals surface area contributed by atoms with Gasteiger partial charge >= 0.3 is 0 Å². The number of aromatic nitrogens is 1. The van der Waals surface area contributed by atoms with E-state index in [-0.39, 0.29) is 0 Å². The molecule has 0 unspecified atom stereocenters. The maximum atomic E-state index is 6.24. The summed E-state index contributed by atoms with van der Waals surface area (Å²) in [5, 5.41) is 5.94. The van der Waals surface area contributed by atoms with E-state index in [2.05, 4.69) is 79.7 Å². The van der Waals surface area contributed by atoms with Crippen molar-refractivity contribution in [1.82, 2.24) is 4.98 Å². The smallest absolute Gasteiger partial charge is 0.144 e. The lowest BCUT2D eigenvalue weighted by atomic mass is 10.0. The van der Waals surface area contributed by atoms with Crippen LogP contribution in [0.5, 0.6) is 0 Å². The first-order valence-electron chi connectivity index (χ1n) is 9.49. The van der Waals surface area contributed by atoms with E-state index in [0.717, 1.165) is 38.7 Å². The van der Waals surface area contributed by atoms with Gasteiger partial charge < -0.3 is 4.42 Å². The van der Waals surface area contributed by atoms with E-state index in [4.69, 9.17) is 9.40 Å². The molecule has 132 valence electrons. The van der Waals surface area contributed by atoms with Crippen LogP contribution in [-0.2, 0) is 0 Å². The van der Waals surface area contributed by atoms with Gasteiger partial charge in [-0.05, 0) is 53.6 Å². The summed E-state index contributed by atoms with van der Waals surface area (Å²) in [7, 11) is 0. The van der Waals surface area contributed by atoms with Gasteiger partial charge in [0.25, 0.3) is 0 Å². The van der Waals surface area contributed by atoms with Crippen molar-refractivity contribution in [2.75, 3.05) is 0 Å². The molecule has 6 aromatic rings. The minimum atomic E-state index is 0.902. The standard InChI is InChI=1S/C26H17NO/c1-16-14-21-20-8-4-5-9-25(20)28-26(21)22(15-16)24-13-11-19-18-7-3-2-6-17(18)10-12-23(19)27-24/h2-15H,1H3. The highest BCUT2D eigenvalue weighted by molar-refractivity contribution is 6.10. The maximum Gasteiger partial charge on any atom is 0.144 e. The van der Waals surface area contributed by atoms with E-state index in [1.54, 1.807) is 0 Å². The predicted octanol–water partition coefficient (Wildman–Crippen LogP) is 7.26. The van der Waals surface area contributed by atoms with Crippen molar-refractivity contribution < 1.29 is 4.42 Å². The summed E-state index contributed by atoms with van der Waals surface area (Å²) >= 11 is 0. The van der Waals surface area contributed by atoms with Crippen LogP contribution in [0.25, 0.3) is 54.9 Å². The Morgan fingerprint density at radius 1 is 0.679 bits per heavy atom. The lowest BCUT2D eigenvalue weighted by Gasteiger charge is -2.08. The van der Waals surface area contributed by atoms with Crippen LogP contribution in [0.15, 0.2) is 89.3 Å². The van der Waals surface area contributed by atoms with Crippen molar-refractivity contribution in [3.63, 3.8) is 0 Å². The second-order valence-corrected chi connectivity index (χ2v) is 7.34. The topological polar surface area (TPSA) is 26.0 Å². The lowest BCUT2D eigenvalue weighted by molar-refractivity contribution is 0.669. The van der Waals surface area contributed by atoms with Crippen molar-refractivity contribution in [3.05, 3.63) is 90.5 Å². The van der Waals surface area contributed by atoms with E-state index in [0.29, 0.717) is 0 Å². The molecule has 2 nitrogen and oxygen atoms in total. The molecule has 0 spiro atoms. The Labute approximate surface area is 162 Å². The highest BCUT2D eigenvalue weighted by Gasteiger charge is 2.14. The summed E-state index contributed by atoms with van der Waals surface area (Å²) in [5.41, 5.74) is 6.00. The lowest BCUT2D eigenvalue weighted by Crippen LogP contribution is -1.88. The Balaban J connectivity index is 1.66. The minimum Gasteiger partial charge on any atom is -0.455 e. The fourth-order valence-corrected chi connectivity index (χ4v) is 4.20. The van der Waals surface area contributed by atoms with Gasteiger partial charge in [0.15, 0.2) is 0 Å². The third kappa shape index (κ3) is 2.18. The van der Waals surface area contributed by atoms with Crippen LogP contribution < -0.4 is 0 Å². The number of furan rings is 1. The number of nitrogens with zero attached hydrogens (tertiary/aromatic N) is 1. The first kappa shape index (κ1) is 15.4. The summed E-state index contributed by atoms with van der Waals surface area (Å²) in [6.07, 6.45) is 0. The summed E-state index contributed by atoms with van der Waals surface area (Å²) in [4.78, 5) is 5.00. The number of pyridine rings is 1. The number of para-hydroxylation sites is 1. The van der Waals surface area contributed by atoms with Crippen molar-refractivity contribution in [2.24, 2.45) is 0 Å². The molecule has 0 saturated carbocycles. The van der Waals surface area contributed by atoms with Crippen LogP contribution in [0, 0.1) is 6.92 Å². The summed E-state index contributed by atoms with van der Waals surface area (Å²) in [6, 6.07) is 29.5. The SMILES string of the molecule is Cc1cc(-c2ccc3c(ccc4ccccc43)n2)c2oc3ccccc3c2c1. The van der Waals surface area contributed by atoms with Gasteiger partial charge in [0.05, 0.1) is 11.2 Å². The molecule has 28 heavy (non-hydrogen) atoms. The Morgan fingerprint density at radius 3 is 2.43 bits per heavy atom. The molecule has 2 heteroatoms. The second kappa shape index (κ2) is 5.67. The molecular formula is C26H17NO. The highest BCUT2D eigenvalue weighted by atomic mass is 16.3. The van der Waals surface area contributed by atoms with Crippen molar-refractivity contribution in [2.45, 2.75) is 6.92 Å². The summed E-state index contributed by atoms with van der Waals surface area (Å²) < 4.78 is 6.24. The fraction of sp³-hybridized carbons (Fsp3) is 0.0385. The van der Waals surface area contributed by atoms with Gasteiger partial charge in [-0.25, -0.2) is 4.98 Å². The van der Waals surface area contributed by atoms with Gasteiger partial charge in [0, 0.05) is 21.7 Å². The molecule has 0 saturated heterocycles. The summed E-state index contributed by atoms with van der Waals surface area (Å²) in [5.74, 6) is 0. The van der Waals surface area contributed by atoms with Gasteiger partial charge in [-0.1, -0.05) is 54.6 Å². The zero-order chi connectivity index (χ0) is 18.7. The Hall–Kier alpha value is -3.65. The molecule has 4 aromatic carbocycles. The largest absolute Gasteiger partial charge is 0.455 e. The van der Waals surface area contributed by atoms with Gasteiger partial charge in [-0.15, -0.1) is 0 Å². The first-order chi connectivity index (χ1) is 13.8. The Morgan fingerprint density at radius 2 is 1.50 bits per heavy atom. The summed E-state index contributed by atoms with van der Waals surface area (Å²) in [6.45, 7) is 2.12. The van der Waals surface area contributed by atoms with Crippen molar-refractivity contribution >= 4 is 43.6 Å². The highest BCUT2D eigenvalue weighted by Crippen LogP contribution is 2.37. The molecule has 6 rings (SSSR count). The predicted molar refractivity (Wildman–Crippen MR) is 117 cm³/mol. The molecular weight excluding hydrogens is 342 g/mol. The third-order valence-corrected chi connectivity index (χ3v) is 5.49. The van der Waals surface area contributed by atoms with Crippen LogP contribution >= 0.6 is 0 Å². The van der Waals surface area contributed by atoms with E-state index in [9.17, 15) is 0 Å². The molecule has 0 aliphatic rings. The molecule has 0 fully saturated rings. The molecule has 2 heterocycles. The quantitative estimate of drug-likeness (QED) is 0.289. The Kier molecular flexibility index (Phi) is 3.12. The average molecular weight is 359 g/mol. The number of aryl methyl sites for hydroxylation is 1. The van der Waals surface area contributed by atoms with E-state index < -0.39 is 0 Å². The van der Waals surface area contributed by atoms with Gasteiger partial charge in [0.2, 0.25) is 0 Å². The third-order valence-electron chi connectivity index (χ3n) is 5.49. The number of hydrogen-bond acceptors (Lipinski definition) is 2. The van der Waals surface area contributed by atoms with Crippen LogP contribution in [0.3, 0.4) is 0 Å². The van der Waals surface area contributed by atoms with E-state index in [1.807, 2.05) is 12.1 Å². The van der Waals surface area contributed by atoms with Crippen LogP contribution in [-0.4, -0.2) is 4.98 Å². The first-order valence-corrected chi connectivity index (χ1v) is 9.49. The van der Waals surface area contributed by atoms with Crippen LogP contribution in [0.2, 0.25) is 0 Å². The number of benzene rings is 4. The minimum absolute atomic E-state index is 0.902. The van der Waals surface area contributed by atoms with Gasteiger partial charge in [-0.2, -0.15) is 0 Å². The Bertz CT molecular complexity index is 1520. The molecule has 0 atom stereocenters. The second-order valence-electron chi connectivity index (χ2n) is 7.34. The molecule has 0 bridgehead atoms. The van der Waals surface area contributed by atoms with Gasteiger partial charge in [0.1, 0.15) is 11.2 Å². The maximum absolute atomic E-state index is 6.24. The zero-order valence-electron chi connectivity index (χ0n) is 15.4. The molecule has 0 aliphatic heterocycles. The number of rotatable bonds is 1. The molecule has 0 amide bonds. The van der Waals surface area contributed by atoms with Crippen molar-refractivity contribution in [3.8, 4) is 11.3 Å². The monoisotopic (exact) mass is 359 g/mol. The number of fused-ring (bicyclic) bond motifs is 6. The average Bonchev–Trinajstić information content (AvgIpc) is 3.11. The van der Waals surface area contributed by atoms with Crippen LogP contribution in [0.4, 0.5) is 0 Å². The fourth-order valence-electron chi connectivity index (χ4n) is 4.20. The van der Waals surface area contributed by atoms with Gasteiger partial charge in [-0.3, -0.25) is 0 Å². The van der Waals surface area contributed by atoms with Crippen LogP contribution in [0.1, 0.15) is 5.56 Å². The zero-order valence-corrected chi connectivity index (χ0v) is 15.4.